The first-order chi connectivity index (χ1) is 12.2. The molecule has 136 valence electrons. The van der Waals surface area contributed by atoms with Crippen LogP contribution in [0.25, 0.3) is 0 Å². The quantitative estimate of drug-likeness (QED) is 0.550. The maximum absolute atomic E-state index is 2.38. The van der Waals surface area contributed by atoms with Crippen molar-refractivity contribution in [3.05, 3.63) is 69.8 Å². The van der Waals surface area contributed by atoms with Gasteiger partial charge in [-0.25, -0.2) is 0 Å². The van der Waals surface area contributed by atoms with Gasteiger partial charge in [-0.05, 0) is 84.2 Å². The minimum absolute atomic E-state index is 0.693. The lowest BCUT2D eigenvalue weighted by Crippen LogP contribution is -1.94. The highest BCUT2D eigenvalue weighted by molar-refractivity contribution is 5.40. The van der Waals surface area contributed by atoms with E-state index in [9.17, 15) is 0 Å². The van der Waals surface area contributed by atoms with Crippen molar-refractivity contribution < 1.29 is 0 Å². The van der Waals surface area contributed by atoms with Gasteiger partial charge in [-0.15, -0.1) is 0 Å². The van der Waals surface area contributed by atoms with Gasteiger partial charge in [0.1, 0.15) is 0 Å². The molecule has 0 atom stereocenters. The minimum atomic E-state index is 0.693. The molecule has 0 aromatic heterocycles. The lowest BCUT2D eigenvalue weighted by Gasteiger charge is -2.10. The first-order valence-corrected chi connectivity index (χ1v) is 10.4. The first-order valence-electron chi connectivity index (χ1n) is 10.4. The molecule has 25 heavy (non-hydrogen) atoms. The van der Waals surface area contributed by atoms with Crippen LogP contribution in [-0.2, 0) is 32.1 Å². The Kier molecular flexibility index (Phi) is 7.75. The maximum atomic E-state index is 2.38. The summed E-state index contributed by atoms with van der Waals surface area (Å²) < 4.78 is 0. The molecule has 0 unspecified atom stereocenters. The molecule has 2 aromatic rings. The Morgan fingerprint density at radius 2 is 1.48 bits per heavy atom. The molecule has 0 aliphatic heterocycles. The van der Waals surface area contributed by atoms with Crippen LogP contribution in [0.5, 0.6) is 0 Å². The van der Waals surface area contributed by atoms with Crippen molar-refractivity contribution in [2.75, 3.05) is 0 Å². The van der Waals surface area contributed by atoms with E-state index in [0.717, 1.165) is 0 Å². The van der Waals surface area contributed by atoms with E-state index in [1.54, 1.807) is 27.8 Å². The van der Waals surface area contributed by atoms with Crippen molar-refractivity contribution in [2.24, 2.45) is 0 Å². The van der Waals surface area contributed by atoms with Crippen LogP contribution in [0.1, 0.15) is 86.8 Å². The topological polar surface area (TPSA) is 0 Å². The van der Waals surface area contributed by atoms with E-state index in [1.807, 2.05) is 13.8 Å². The molecular formula is C25H36. The van der Waals surface area contributed by atoms with Crippen LogP contribution in [0, 0.1) is 0 Å². The average Bonchev–Trinajstić information content (AvgIpc) is 3.31. The zero-order valence-electron chi connectivity index (χ0n) is 17.0. The van der Waals surface area contributed by atoms with Gasteiger partial charge in [-0.1, -0.05) is 71.0 Å². The van der Waals surface area contributed by atoms with Gasteiger partial charge in [0.25, 0.3) is 0 Å². The van der Waals surface area contributed by atoms with E-state index in [0.29, 0.717) is 5.92 Å². The number of rotatable bonds is 2. The van der Waals surface area contributed by atoms with Crippen LogP contribution in [0.4, 0.5) is 0 Å². The highest BCUT2D eigenvalue weighted by atomic mass is 14.2. The second kappa shape index (κ2) is 9.80. The fourth-order valence-corrected chi connectivity index (χ4v) is 4.04. The number of hydrogen-bond acceptors (Lipinski definition) is 0. The smallest absolute Gasteiger partial charge is 0.0216 e. The third-order valence-electron chi connectivity index (χ3n) is 5.38. The third kappa shape index (κ3) is 4.97. The van der Waals surface area contributed by atoms with E-state index < -0.39 is 0 Å². The van der Waals surface area contributed by atoms with E-state index in [4.69, 9.17) is 0 Å². The molecule has 0 saturated carbocycles. The fourth-order valence-electron chi connectivity index (χ4n) is 4.04. The largest absolute Gasteiger partial charge is 0.0683 e. The molecule has 0 fully saturated rings. The summed E-state index contributed by atoms with van der Waals surface area (Å²) in [6.45, 7) is 10.8. The molecule has 0 N–H and O–H groups in total. The van der Waals surface area contributed by atoms with Crippen molar-refractivity contribution in [3.63, 3.8) is 0 Å². The Balaban J connectivity index is 0.000000165. The van der Waals surface area contributed by atoms with Crippen LogP contribution in [0.15, 0.2) is 36.4 Å². The Bertz CT molecular complexity index is 664. The summed E-state index contributed by atoms with van der Waals surface area (Å²) in [7, 11) is 0. The van der Waals surface area contributed by atoms with Crippen molar-refractivity contribution in [1.29, 1.82) is 0 Å². The number of aryl methyl sites for hydroxylation is 4. The van der Waals surface area contributed by atoms with Gasteiger partial charge in [-0.2, -0.15) is 0 Å². The van der Waals surface area contributed by atoms with Crippen molar-refractivity contribution in [2.45, 2.75) is 85.5 Å². The van der Waals surface area contributed by atoms with Crippen molar-refractivity contribution >= 4 is 0 Å². The summed E-state index contributed by atoms with van der Waals surface area (Å²) in [4.78, 5) is 0. The summed E-state index contributed by atoms with van der Waals surface area (Å²) in [6.07, 6.45) is 9.12. The summed E-state index contributed by atoms with van der Waals surface area (Å²) in [6, 6.07) is 13.7. The van der Waals surface area contributed by atoms with Crippen LogP contribution in [-0.4, -0.2) is 0 Å². The lowest BCUT2D eigenvalue weighted by atomic mass is 9.95. The second-order valence-corrected chi connectivity index (χ2v) is 7.30. The summed E-state index contributed by atoms with van der Waals surface area (Å²) in [5, 5.41) is 0. The summed E-state index contributed by atoms with van der Waals surface area (Å²) in [5.74, 6) is 0.693. The molecule has 2 aliphatic rings. The van der Waals surface area contributed by atoms with E-state index in [2.05, 4.69) is 57.2 Å². The van der Waals surface area contributed by atoms with Crippen molar-refractivity contribution in [1.82, 2.24) is 0 Å². The van der Waals surface area contributed by atoms with Crippen LogP contribution in [0.2, 0.25) is 0 Å². The molecule has 0 radical (unpaired) electrons. The number of fused-ring (bicyclic) bond motifs is 2. The Morgan fingerprint density at radius 3 is 2.20 bits per heavy atom. The third-order valence-corrected chi connectivity index (χ3v) is 5.38. The number of hydrogen-bond donors (Lipinski definition) is 0. The zero-order chi connectivity index (χ0) is 18.2. The van der Waals surface area contributed by atoms with Gasteiger partial charge in [0.05, 0.1) is 0 Å². The Hall–Kier alpha value is -1.56. The molecule has 0 bridgehead atoms. The van der Waals surface area contributed by atoms with Gasteiger partial charge in [0.15, 0.2) is 0 Å². The molecular weight excluding hydrogens is 300 g/mol. The predicted octanol–water partition coefficient (Wildman–Crippen LogP) is 7.06. The summed E-state index contributed by atoms with van der Waals surface area (Å²) in [5.41, 5.74) is 9.50. The Morgan fingerprint density at radius 1 is 0.800 bits per heavy atom. The normalized spacial score (nSPS) is 14.2. The Labute approximate surface area is 155 Å². The molecule has 0 amide bonds. The molecule has 0 spiro atoms. The van der Waals surface area contributed by atoms with Gasteiger partial charge in [-0.3, -0.25) is 0 Å². The second-order valence-electron chi connectivity index (χ2n) is 7.30. The SMILES string of the molecule is CC.CC(C)c1cccc2c1CCC2.CCc1ccc2c(c1)CCC2. The molecule has 2 aliphatic carbocycles. The predicted molar refractivity (Wildman–Crippen MR) is 112 cm³/mol. The van der Waals surface area contributed by atoms with E-state index in [-0.39, 0.29) is 0 Å². The highest BCUT2D eigenvalue weighted by Crippen LogP contribution is 2.29. The monoisotopic (exact) mass is 336 g/mol. The minimum Gasteiger partial charge on any atom is -0.0683 e. The molecule has 0 nitrogen and oxygen atoms in total. The van der Waals surface area contributed by atoms with Crippen LogP contribution in [0.3, 0.4) is 0 Å². The molecule has 4 rings (SSSR count). The highest BCUT2D eigenvalue weighted by Gasteiger charge is 2.15. The molecule has 0 heterocycles. The van der Waals surface area contributed by atoms with E-state index >= 15 is 0 Å². The molecule has 0 heteroatoms. The standard InChI is InChI=1S/C12H16.C11H14.C2H6/c1-9(2)11-7-3-5-10-6-4-8-12(10)11;1-2-9-6-7-10-4-3-5-11(10)8-9;1-2/h3,5,7,9H,4,6,8H2,1-2H3;6-8H,2-5H2,1H3;1-2H3. The van der Waals surface area contributed by atoms with Gasteiger partial charge >= 0.3 is 0 Å². The van der Waals surface area contributed by atoms with Crippen molar-refractivity contribution in [3.8, 4) is 0 Å². The zero-order valence-corrected chi connectivity index (χ0v) is 17.0. The summed E-state index contributed by atoms with van der Waals surface area (Å²) >= 11 is 0. The van der Waals surface area contributed by atoms with Crippen LogP contribution < -0.4 is 0 Å². The lowest BCUT2D eigenvalue weighted by molar-refractivity contribution is 0.838. The first kappa shape index (κ1) is 19.8. The fraction of sp³-hybridized carbons (Fsp3) is 0.520. The van der Waals surface area contributed by atoms with Gasteiger partial charge in [0.2, 0.25) is 0 Å². The maximum Gasteiger partial charge on any atom is -0.0216 e. The number of benzene rings is 2. The van der Waals surface area contributed by atoms with Gasteiger partial charge < -0.3 is 0 Å². The average molecular weight is 337 g/mol. The van der Waals surface area contributed by atoms with Gasteiger partial charge in [0, 0.05) is 0 Å². The molecule has 0 saturated heterocycles. The van der Waals surface area contributed by atoms with Crippen LogP contribution >= 0.6 is 0 Å². The van der Waals surface area contributed by atoms with E-state index in [1.165, 1.54) is 50.5 Å². The molecule has 2 aromatic carbocycles.